The first-order chi connectivity index (χ1) is 9.47. The molecule has 1 heterocycles. The van der Waals surface area contributed by atoms with E-state index in [9.17, 15) is 9.50 Å². The number of rotatable bonds is 4. The van der Waals surface area contributed by atoms with Gasteiger partial charge in [-0.25, -0.2) is 9.37 Å². The van der Waals surface area contributed by atoms with Crippen LogP contribution >= 0.6 is 0 Å². The Morgan fingerprint density at radius 3 is 2.40 bits per heavy atom. The Bertz CT molecular complexity index is 597. The molecule has 0 aliphatic heterocycles. The molecule has 2 aromatic rings. The quantitative estimate of drug-likeness (QED) is 0.906. The van der Waals surface area contributed by atoms with Crippen molar-refractivity contribution in [2.45, 2.75) is 33.0 Å². The van der Waals surface area contributed by atoms with Crippen molar-refractivity contribution in [1.29, 1.82) is 0 Å². The van der Waals surface area contributed by atoms with Crippen molar-refractivity contribution in [2.24, 2.45) is 0 Å². The molecule has 0 aliphatic rings. The number of pyridine rings is 1. The van der Waals surface area contributed by atoms with Gasteiger partial charge in [0.05, 0.1) is 0 Å². The van der Waals surface area contributed by atoms with Crippen LogP contribution in [0.1, 0.15) is 32.3 Å². The summed E-state index contributed by atoms with van der Waals surface area (Å²) < 4.78 is 17.8. The zero-order valence-electron chi connectivity index (χ0n) is 11.8. The largest absolute Gasteiger partial charge is 0.508 e. The van der Waals surface area contributed by atoms with E-state index in [-0.39, 0.29) is 17.5 Å². The van der Waals surface area contributed by atoms with Gasteiger partial charge in [-0.05, 0) is 34.7 Å². The fourth-order valence-corrected chi connectivity index (χ4v) is 2.03. The van der Waals surface area contributed by atoms with Crippen LogP contribution < -0.4 is 4.74 Å². The maximum Gasteiger partial charge on any atom is 0.237 e. The van der Waals surface area contributed by atoms with Crippen LogP contribution in [0.4, 0.5) is 4.39 Å². The fourth-order valence-electron chi connectivity index (χ4n) is 2.03. The molecule has 1 atom stereocenters. The van der Waals surface area contributed by atoms with Crippen LogP contribution in [0.3, 0.4) is 0 Å². The molecule has 0 fully saturated rings. The van der Waals surface area contributed by atoms with Crippen LogP contribution in [0, 0.1) is 0 Å². The number of hydrogen-bond donors (Lipinski definition) is 1. The first kappa shape index (κ1) is 14.3. The van der Waals surface area contributed by atoms with Crippen LogP contribution in [0.5, 0.6) is 11.6 Å². The molecule has 0 saturated heterocycles. The van der Waals surface area contributed by atoms with Crippen LogP contribution in [0.25, 0.3) is 11.1 Å². The molecule has 2 rings (SSSR count). The van der Waals surface area contributed by atoms with Gasteiger partial charge in [0.1, 0.15) is 5.75 Å². The summed E-state index contributed by atoms with van der Waals surface area (Å²) in [6.45, 7) is 5.35. The Balaban J connectivity index is 2.34. The van der Waals surface area contributed by atoms with Gasteiger partial charge in [0, 0.05) is 19.2 Å². The number of phenolic OH excluding ortho intramolecular Hbond substituents is 1. The number of benzene rings is 1. The lowest BCUT2D eigenvalue weighted by atomic mass is 9.98. The van der Waals surface area contributed by atoms with E-state index in [2.05, 4.69) is 4.98 Å². The van der Waals surface area contributed by atoms with Gasteiger partial charge in [-0.1, -0.05) is 26.0 Å². The van der Waals surface area contributed by atoms with E-state index in [0.717, 1.165) is 16.7 Å². The van der Waals surface area contributed by atoms with Crippen molar-refractivity contribution >= 4 is 0 Å². The van der Waals surface area contributed by atoms with Crippen molar-refractivity contribution in [1.82, 2.24) is 4.98 Å². The van der Waals surface area contributed by atoms with Gasteiger partial charge in [0.2, 0.25) is 12.2 Å². The SMILES string of the molecule is CC(F)Oc1cc(-c2ccc(C(C)C)c(O)c2)ccn1. The minimum atomic E-state index is -1.41. The van der Waals surface area contributed by atoms with E-state index >= 15 is 0 Å². The van der Waals surface area contributed by atoms with Crippen LogP contribution in [-0.4, -0.2) is 16.4 Å². The molecule has 1 aromatic carbocycles. The number of hydrogen-bond acceptors (Lipinski definition) is 3. The summed E-state index contributed by atoms with van der Waals surface area (Å²) in [5.41, 5.74) is 2.56. The molecule has 0 spiro atoms. The van der Waals surface area contributed by atoms with Crippen LogP contribution in [-0.2, 0) is 0 Å². The fraction of sp³-hybridized carbons (Fsp3) is 0.312. The van der Waals surface area contributed by atoms with Gasteiger partial charge in [-0.3, -0.25) is 0 Å². The van der Waals surface area contributed by atoms with Crippen LogP contribution in [0.2, 0.25) is 0 Å². The lowest BCUT2D eigenvalue weighted by molar-refractivity contribution is 0.0810. The number of aromatic hydroxyl groups is 1. The summed E-state index contributed by atoms with van der Waals surface area (Å²) in [5, 5.41) is 10.0. The van der Waals surface area contributed by atoms with Crippen LogP contribution in [0.15, 0.2) is 36.5 Å². The highest BCUT2D eigenvalue weighted by Crippen LogP contribution is 2.31. The molecule has 0 radical (unpaired) electrons. The van der Waals surface area contributed by atoms with Crippen molar-refractivity contribution in [3.05, 3.63) is 42.1 Å². The molecule has 106 valence electrons. The summed E-state index contributed by atoms with van der Waals surface area (Å²) >= 11 is 0. The average Bonchev–Trinajstić information content (AvgIpc) is 2.37. The normalized spacial score (nSPS) is 12.4. The Kier molecular flexibility index (Phi) is 4.23. The number of halogens is 1. The van der Waals surface area contributed by atoms with E-state index in [1.807, 2.05) is 26.0 Å². The third-order valence-corrected chi connectivity index (χ3v) is 3.00. The van der Waals surface area contributed by atoms with Gasteiger partial charge in [0.25, 0.3) is 0 Å². The van der Waals surface area contributed by atoms with Gasteiger partial charge in [-0.2, -0.15) is 0 Å². The second kappa shape index (κ2) is 5.90. The Labute approximate surface area is 118 Å². The molecule has 3 nitrogen and oxygen atoms in total. The second-order valence-electron chi connectivity index (χ2n) is 4.97. The summed E-state index contributed by atoms with van der Waals surface area (Å²) in [4.78, 5) is 3.95. The Morgan fingerprint density at radius 1 is 1.10 bits per heavy atom. The molecule has 1 N–H and O–H groups in total. The smallest absolute Gasteiger partial charge is 0.237 e. The Morgan fingerprint density at radius 2 is 1.80 bits per heavy atom. The molecule has 1 aromatic heterocycles. The highest BCUT2D eigenvalue weighted by Gasteiger charge is 2.09. The number of nitrogens with zero attached hydrogens (tertiary/aromatic N) is 1. The summed E-state index contributed by atoms with van der Waals surface area (Å²) in [6.07, 6.45) is 0.148. The van der Waals surface area contributed by atoms with Crippen molar-refractivity contribution in [3.8, 4) is 22.8 Å². The highest BCUT2D eigenvalue weighted by molar-refractivity contribution is 5.66. The molecular formula is C16H18FNO2. The van der Waals surface area contributed by atoms with Gasteiger partial charge in [0.15, 0.2) is 0 Å². The molecule has 1 unspecified atom stereocenters. The molecule has 0 aliphatic carbocycles. The molecule has 0 bridgehead atoms. The Hall–Kier alpha value is -2.10. The minimum absolute atomic E-state index is 0.227. The molecular weight excluding hydrogens is 257 g/mol. The number of alkyl halides is 1. The summed E-state index contributed by atoms with van der Waals surface area (Å²) in [6, 6.07) is 8.97. The zero-order chi connectivity index (χ0) is 14.7. The van der Waals surface area contributed by atoms with Crippen molar-refractivity contribution < 1.29 is 14.2 Å². The second-order valence-corrected chi connectivity index (χ2v) is 4.97. The van der Waals surface area contributed by atoms with E-state index in [1.165, 1.54) is 6.92 Å². The molecule has 20 heavy (non-hydrogen) atoms. The number of aromatic nitrogens is 1. The average molecular weight is 275 g/mol. The maximum absolute atomic E-state index is 12.8. The molecule has 4 heteroatoms. The lowest BCUT2D eigenvalue weighted by Crippen LogP contribution is -2.04. The summed E-state index contributed by atoms with van der Waals surface area (Å²) in [5.74, 6) is 0.744. The summed E-state index contributed by atoms with van der Waals surface area (Å²) in [7, 11) is 0. The molecule has 0 saturated carbocycles. The standard InChI is InChI=1S/C16H18FNO2/c1-10(2)14-5-4-12(8-15(14)19)13-6-7-18-16(9-13)20-11(3)17/h4-11,19H,1-3H3. The zero-order valence-corrected chi connectivity index (χ0v) is 11.8. The van der Waals surface area contributed by atoms with E-state index < -0.39 is 6.36 Å². The topological polar surface area (TPSA) is 42.4 Å². The van der Waals surface area contributed by atoms with Gasteiger partial charge in [-0.15, -0.1) is 0 Å². The maximum atomic E-state index is 12.8. The number of phenols is 1. The predicted molar refractivity (Wildman–Crippen MR) is 76.6 cm³/mol. The predicted octanol–water partition coefficient (Wildman–Crippen LogP) is 4.27. The first-order valence-corrected chi connectivity index (χ1v) is 6.57. The van der Waals surface area contributed by atoms with E-state index in [1.54, 1.807) is 24.4 Å². The molecule has 0 amide bonds. The third kappa shape index (κ3) is 3.26. The van der Waals surface area contributed by atoms with E-state index in [0.29, 0.717) is 0 Å². The number of ether oxygens (including phenoxy) is 1. The minimum Gasteiger partial charge on any atom is -0.508 e. The lowest BCUT2D eigenvalue weighted by Gasteiger charge is -2.11. The monoisotopic (exact) mass is 275 g/mol. The highest BCUT2D eigenvalue weighted by atomic mass is 19.1. The van der Waals surface area contributed by atoms with E-state index in [4.69, 9.17) is 4.74 Å². The van der Waals surface area contributed by atoms with Crippen molar-refractivity contribution in [2.75, 3.05) is 0 Å². The van der Waals surface area contributed by atoms with Gasteiger partial charge >= 0.3 is 0 Å². The third-order valence-electron chi connectivity index (χ3n) is 3.00. The van der Waals surface area contributed by atoms with Crippen molar-refractivity contribution in [3.63, 3.8) is 0 Å². The van der Waals surface area contributed by atoms with Gasteiger partial charge < -0.3 is 9.84 Å². The first-order valence-electron chi connectivity index (χ1n) is 6.57.